The van der Waals surface area contributed by atoms with Gasteiger partial charge < -0.3 is 10.1 Å². The lowest BCUT2D eigenvalue weighted by Crippen LogP contribution is -2.27. The van der Waals surface area contributed by atoms with E-state index in [1.807, 2.05) is 45.0 Å². The van der Waals surface area contributed by atoms with Crippen LogP contribution in [0.3, 0.4) is 0 Å². The highest BCUT2D eigenvalue weighted by Gasteiger charge is 2.16. The first-order chi connectivity index (χ1) is 10.7. The molecule has 0 saturated carbocycles. The van der Waals surface area contributed by atoms with Gasteiger partial charge in [0.2, 0.25) is 0 Å². The predicted molar refractivity (Wildman–Crippen MR) is 98.1 cm³/mol. The van der Waals surface area contributed by atoms with Gasteiger partial charge in [0.05, 0.1) is 0 Å². The van der Waals surface area contributed by atoms with Gasteiger partial charge in [0.25, 0.3) is 0 Å². The molecule has 1 aromatic carbocycles. The summed E-state index contributed by atoms with van der Waals surface area (Å²) in [5.41, 5.74) is 1.32. The Labute approximate surface area is 141 Å². The number of hydrogen-bond acceptors (Lipinski definition) is 3. The lowest BCUT2D eigenvalue weighted by molar-refractivity contribution is 0.0636. The molecule has 4 nitrogen and oxygen atoms in total. The minimum Gasteiger partial charge on any atom is -0.444 e. The summed E-state index contributed by atoms with van der Waals surface area (Å²) in [6.45, 7) is 12.3. The van der Waals surface area contributed by atoms with Crippen molar-refractivity contribution in [1.82, 2.24) is 0 Å². The van der Waals surface area contributed by atoms with Crippen LogP contribution < -0.4 is 10.6 Å². The molecule has 0 heterocycles. The second kappa shape index (κ2) is 8.80. The van der Waals surface area contributed by atoms with Crippen molar-refractivity contribution >= 4 is 17.5 Å². The Morgan fingerprint density at radius 3 is 2.13 bits per heavy atom. The number of carbonyl (C=O) groups excluding carboxylic acids is 1. The molecule has 0 spiro atoms. The van der Waals surface area contributed by atoms with Crippen molar-refractivity contribution in [2.45, 2.75) is 72.4 Å². The second-order valence-electron chi connectivity index (χ2n) is 7.20. The minimum atomic E-state index is -0.490. The minimum absolute atomic E-state index is 0.429. The topological polar surface area (TPSA) is 50.4 Å². The maximum atomic E-state index is 11.7. The van der Waals surface area contributed by atoms with E-state index in [1.165, 1.54) is 12.8 Å². The SMILES string of the molecule is CCC(C)CC(CC)Nc1ccc(NC(=O)OC(C)(C)C)cc1. The summed E-state index contributed by atoms with van der Waals surface area (Å²) in [6.07, 6.45) is 3.05. The lowest BCUT2D eigenvalue weighted by Gasteiger charge is -2.22. The fourth-order valence-electron chi connectivity index (χ4n) is 2.29. The summed E-state index contributed by atoms with van der Waals surface area (Å²) in [4.78, 5) is 11.7. The normalized spacial score (nSPS) is 14.0. The fourth-order valence-corrected chi connectivity index (χ4v) is 2.29. The first-order valence-corrected chi connectivity index (χ1v) is 8.60. The largest absolute Gasteiger partial charge is 0.444 e. The van der Waals surface area contributed by atoms with Gasteiger partial charge in [-0.3, -0.25) is 5.32 Å². The molecule has 4 heteroatoms. The molecule has 1 amide bonds. The molecule has 2 unspecified atom stereocenters. The molecule has 1 rings (SSSR count). The lowest BCUT2D eigenvalue weighted by atomic mass is 9.97. The van der Waals surface area contributed by atoms with Crippen LogP contribution >= 0.6 is 0 Å². The summed E-state index contributed by atoms with van der Waals surface area (Å²) < 4.78 is 5.24. The van der Waals surface area contributed by atoms with E-state index in [1.54, 1.807) is 0 Å². The first kappa shape index (κ1) is 19.3. The number of benzene rings is 1. The highest BCUT2D eigenvalue weighted by Crippen LogP contribution is 2.20. The van der Waals surface area contributed by atoms with Gasteiger partial charge in [-0.05, 0) is 63.8 Å². The van der Waals surface area contributed by atoms with Crippen molar-refractivity contribution in [3.63, 3.8) is 0 Å². The van der Waals surface area contributed by atoms with Gasteiger partial charge in [-0.15, -0.1) is 0 Å². The summed E-state index contributed by atoms with van der Waals surface area (Å²) >= 11 is 0. The molecular formula is C19H32N2O2. The van der Waals surface area contributed by atoms with Crippen molar-refractivity contribution in [3.05, 3.63) is 24.3 Å². The van der Waals surface area contributed by atoms with E-state index in [4.69, 9.17) is 4.74 Å². The Morgan fingerprint density at radius 2 is 1.65 bits per heavy atom. The standard InChI is InChI=1S/C19H32N2O2/c1-7-14(3)13-15(8-2)20-16-9-11-17(12-10-16)21-18(22)23-19(4,5)6/h9-12,14-15,20H,7-8,13H2,1-6H3,(H,21,22). The van der Waals surface area contributed by atoms with Crippen molar-refractivity contribution in [1.29, 1.82) is 0 Å². The molecule has 0 fully saturated rings. The number of amides is 1. The summed E-state index contributed by atoms with van der Waals surface area (Å²) in [6, 6.07) is 8.25. The zero-order valence-corrected chi connectivity index (χ0v) is 15.4. The molecule has 0 aromatic heterocycles. The highest BCUT2D eigenvalue weighted by molar-refractivity contribution is 5.85. The molecule has 0 aliphatic rings. The van der Waals surface area contributed by atoms with Crippen LogP contribution in [0.15, 0.2) is 24.3 Å². The van der Waals surface area contributed by atoms with Crippen molar-refractivity contribution in [2.24, 2.45) is 5.92 Å². The van der Waals surface area contributed by atoms with Gasteiger partial charge in [-0.1, -0.05) is 27.2 Å². The summed E-state index contributed by atoms with van der Waals surface area (Å²) in [5.74, 6) is 0.723. The van der Waals surface area contributed by atoms with Crippen LogP contribution in [-0.4, -0.2) is 17.7 Å². The van der Waals surface area contributed by atoms with Gasteiger partial charge in [-0.2, -0.15) is 0 Å². The Bertz CT molecular complexity index is 477. The molecule has 1 aromatic rings. The van der Waals surface area contributed by atoms with Crippen LogP contribution in [0.25, 0.3) is 0 Å². The van der Waals surface area contributed by atoms with Crippen LogP contribution in [0.1, 0.15) is 60.8 Å². The molecule has 0 aliphatic carbocycles. The Hall–Kier alpha value is -1.71. The number of carbonyl (C=O) groups is 1. The van der Waals surface area contributed by atoms with E-state index in [9.17, 15) is 4.79 Å². The molecule has 2 atom stereocenters. The van der Waals surface area contributed by atoms with Crippen LogP contribution in [0.4, 0.5) is 16.2 Å². The second-order valence-corrected chi connectivity index (χ2v) is 7.20. The summed E-state index contributed by atoms with van der Waals surface area (Å²) in [7, 11) is 0. The fraction of sp³-hybridized carbons (Fsp3) is 0.632. The van der Waals surface area contributed by atoms with E-state index in [2.05, 4.69) is 31.4 Å². The third-order valence-electron chi connectivity index (χ3n) is 3.78. The van der Waals surface area contributed by atoms with E-state index < -0.39 is 11.7 Å². The number of nitrogens with one attached hydrogen (secondary N) is 2. The van der Waals surface area contributed by atoms with E-state index in [0.29, 0.717) is 6.04 Å². The molecule has 2 N–H and O–H groups in total. The Balaban J connectivity index is 2.57. The molecule has 23 heavy (non-hydrogen) atoms. The maximum absolute atomic E-state index is 11.7. The van der Waals surface area contributed by atoms with Gasteiger partial charge in [0.15, 0.2) is 0 Å². The van der Waals surface area contributed by atoms with Gasteiger partial charge in [-0.25, -0.2) is 4.79 Å². The number of anilines is 2. The third kappa shape index (κ3) is 7.91. The van der Waals surface area contributed by atoms with E-state index in [-0.39, 0.29) is 0 Å². The van der Waals surface area contributed by atoms with Gasteiger partial charge in [0.1, 0.15) is 5.60 Å². The average Bonchev–Trinajstić information content (AvgIpc) is 2.46. The highest BCUT2D eigenvalue weighted by atomic mass is 16.6. The molecule has 0 aliphatic heterocycles. The molecule has 0 bridgehead atoms. The molecule has 0 saturated heterocycles. The predicted octanol–water partition coefficient (Wildman–Crippen LogP) is 5.66. The molecule has 0 radical (unpaired) electrons. The van der Waals surface area contributed by atoms with Crippen molar-refractivity contribution in [3.8, 4) is 0 Å². The van der Waals surface area contributed by atoms with Crippen LogP contribution in [0, 0.1) is 5.92 Å². The van der Waals surface area contributed by atoms with Crippen LogP contribution in [0.5, 0.6) is 0 Å². The average molecular weight is 320 g/mol. The summed E-state index contributed by atoms with van der Waals surface area (Å²) in [5, 5.41) is 6.31. The monoisotopic (exact) mass is 320 g/mol. The maximum Gasteiger partial charge on any atom is 0.412 e. The number of ether oxygens (including phenoxy) is 1. The molecular weight excluding hydrogens is 288 g/mol. The van der Waals surface area contributed by atoms with Gasteiger partial charge in [0, 0.05) is 17.4 Å². The van der Waals surface area contributed by atoms with E-state index in [0.717, 1.165) is 23.7 Å². The van der Waals surface area contributed by atoms with Crippen molar-refractivity contribution in [2.75, 3.05) is 10.6 Å². The number of rotatable bonds is 7. The van der Waals surface area contributed by atoms with Gasteiger partial charge >= 0.3 is 6.09 Å². The first-order valence-electron chi connectivity index (χ1n) is 8.60. The molecule has 130 valence electrons. The van der Waals surface area contributed by atoms with E-state index >= 15 is 0 Å². The zero-order valence-electron chi connectivity index (χ0n) is 15.4. The Kier molecular flexibility index (Phi) is 7.40. The smallest absolute Gasteiger partial charge is 0.412 e. The Morgan fingerprint density at radius 1 is 1.09 bits per heavy atom. The third-order valence-corrected chi connectivity index (χ3v) is 3.78. The quantitative estimate of drug-likeness (QED) is 0.681. The van der Waals surface area contributed by atoms with Crippen LogP contribution in [0.2, 0.25) is 0 Å². The zero-order chi connectivity index (χ0) is 17.5. The number of hydrogen-bond donors (Lipinski definition) is 2. The van der Waals surface area contributed by atoms with Crippen LogP contribution in [-0.2, 0) is 4.74 Å². The van der Waals surface area contributed by atoms with Crippen molar-refractivity contribution < 1.29 is 9.53 Å².